The highest BCUT2D eigenvalue weighted by molar-refractivity contribution is 5.79. The van der Waals surface area contributed by atoms with Crippen molar-refractivity contribution in [3.63, 3.8) is 0 Å². The number of nitrogens with one attached hydrogen (secondary N) is 2. The maximum Gasteiger partial charge on any atom is 0.191 e. The molecule has 0 fully saturated rings. The molecule has 26 heavy (non-hydrogen) atoms. The molecule has 0 atom stereocenters. The number of para-hydroxylation sites is 1. The zero-order chi connectivity index (χ0) is 18.2. The van der Waals surface area contributed by atoms with E-state index in [-0.39, 0.29) is 0 Å². The molecule has 0 aliphatic rings. The molecule has 1 aromatic heterocycles. The van der Waals surface area contributed by atoms with Gasteiger partial charge in [-0.15, -0.1) is 0 Å². The highest BCUT2D eigenvalue weighted by Crippen LogP contribution is 2.12. The fraction of sp³-hybridized carbons (Fsp3) is 0.200. The number of benzene rings is 2. The predicted molar refractivity (Wildman–Crippen MR) is 104 cm³/mol. The highest BCUT2D eigenvalue weighted by atomic mass is 16.5. The summed E-state index contributed by atoms with van der Waals surface area (Å²) in [4.78, 5) is 4.26. The highest BCUT2D eigenvalue weighted by Gasteiger charge is 2.03. The largest absolute Gasteiger partial charge is 0.497 e. The number of hydrogen-bond acceptors (Lipinski definition) is 3. The number of aromatic nitrogens is 2. The van der Waals surface area contributed by atoms with Crippen molar-refractivity contribution in [3.05, 3.63) is 78.1 Å². The number of nitrogens with zero attached hydrogens (tertiary/aromatic N) is 3. The second kappa shape index (κ2) is 8.71. The molecule has 6 nitrogen and oxygen atoms in total. The van der Waals surface area contributed by atoms with Gasteiger partial charge in [-0.25, -0.2) is 4.68 Å². The Morgan fingerprint density at radius 1 is 1.04 bits per heavy atom. The molecule has 3 aromatic rings. The van der Waals surface area contributed by atoms with Crippen LogP contribution < -0.4 is 15.4 Å². The Balaban J connectivity index is 1.53. The summed E-state index contributed by atoms with van der Waals surface area (Å²) >= 11 is 0. The van der Waals surface area contributed by atoms with Gasteiger partial charge in [0, 0.05) is 31.9 Å². The van der Waals surface area contributed by atoms with Gasteiger partial charge in [-0.05, 0) is 29.8 Å². The van der Waals surface area contributed by atoms with Gasteiger partial charge in [-0.3, -0.25) is 4.99 Å². The maximum atomic E-state index is 5.25. The van der Waals surface area contributed by atoms with Gasteiger partial charge in [0.2, 0.25) is 0 Å². The first-order valence-electron chi connectivity index (χ1n) is 8.45. The van der Waals surface area contributed by atoms with Crippen molar-refractivity contribution in [2.75, 3.05) is 14.2 Å². The van der Waals surface area contributed by atoms with Gasteiger partial charge in [0.1, 0.15) is 5.75 Å². The Morgan fingerprint density at radius 3 is 2.54 bits per heavy atom. The third kappa shape index (κ3) is 4.63. The van der Waals surface area contributed by atoms with E-state index in [1.54, 1.807) is 14.2 Å². The van der Waals surface area contributed by atoms with Crippen molar-refractivity contribution >= 4 is 5.96 Å². The van der Waals surface area contributed by atoms with Crippen molar-refractivity contribution in [1.29, 1.82) is 0 Å². The molecule has 134 valence electrons. The minimum Gasteiger partial charge on any atom is -0.497 e. The summed E-state index contributed by atoms with van der Waals surface area (Å²) in [6, 6.07) is 18.0. The van der Waals surface area contributed by atoms with Crippen LogP contribution in [0.2, 0.25) is 0 Å². The minimum atomic E-state index is 0.643. The number of methoxy groups -OCH3 is 1. The van der Waals surface area contributed by atoms with Gasteiger partial charge in [-0.2, -0.15) is 5.10 Å². The second-order valence-corrected chi connectivity index (χ2v) is 5.76. The van der Waals surface area contributed by atoms with E-state index in [4.69, 9.17) is 4.74 Å². The van der Waals surface area contributed by atoms with E-state index in [2.05, 4.69) is 20.7 Å². The first kappa shape index (κ1) is 17.5. The number of ether oxygens (including phenoxy) is 1. The molecule has 0 unspecified atom stereocenters. The summed E-state index contributed by atoms with van der Waals surface area (Å²) in [6.07, 6.45) is 3.87. The molecule has 2 N–H and O–H groups in total. The lowest BCUT2D eigenvalue weighted by molar-refractivity contribution is 0.414. The fourth-order valence-corrected chi connectivity index (χ4v) is 2.55. The van der Waals surface area contributed by atoms with Crippen LogP contribution in [0.15, 0.2) is 72.0 Å². The van der Waals surface area contributed by atoms with Crippen LogP contribution in [0.3, 0.4) is 0 Å². The molecule has 0 spiro atoms. The van der Waals surface area contributed by atoms with Crippen LogP contribution in [0.1, 0.15) is 11.1 Å². The van der Waals surface area contributed by atoms with E-state index >= 15 is 0 Å². The normalized spacial score (nSPS) is 11.2. The number of hydrogen-bond donors (Lipinski definition) is 2. The summed E-state index contributed by atoms with van der Waals surface area (Å²) < 4.78 is 7.11. The van der Waals surface area contributed by atoms with Crippen LogP contribution >= 0.6 is 0 Å². The Hall–Kier alpha value is -3.28. The lowest BCUT2D eigenvalue weighted by atomic mass is 10.2. The molecule has 0 aliphatic heterocycles. The topological polar surface area (TPSA) is 63.5 Å². The molecule has 0 saturated heterocycles. The Bertz CT molecular complexity index is 857. The lowest BCUT2D eigenvalue weighted by Gasteiger charge is -2.11. The predicted octanol–water partition coefficient (Wildman–Crippen LogP) is 2.75. The molecule has 0 amide bonds. The smallest absolute Gasteiger partial charge is 0.191 e. The van der Waals surface area contributed by atoms with Crippen molar-refractivity contribution < 1.29 is 4.74 Å². The zero-order valence-corrected chi connectivity index (χ0v) is 15.0. The lowest BCUT2D eigenvalue weighted by Crippen LogP contribution is -2.36. The van der Waals surface area contributed by atoms with Crippen molar-refractivity contribution in [1.82, 2.24) is 20.4 Å². The molecule has 0 radical (unpaired) electrons. The minimum absolute atomic E-state index is 0.643. The van der Waals surface area contributed by atoms with E-state index in [1.807, 2.05) is 71.7 Å². The molecular weight excluding hydrogens is 326 g/mol. The van der Waals surface area contributed by atoms with Crippen molar-refractivity contribution in [2.45, 2.75) is 13.1 Å². The molecule has 1 heterocycles. The fourth-order valence-electron chi connectivity index (χ4n) is 2.55. The van der Waals surface area contributed by atoms with Gasteiger partial charge in [-0.1, -0.05) is 30.3 Å². The summed E-state index contributed by atoms with van der Waals surface area (Å²) in [5.74, 6) is 1.58. The van der Waals surface area contributed by atoms with Crippen LogP contribution in [0.25, 0.3) is 5.69 Å². The third-order valence-corrected chi connectivity index (χ3v) is 3.93. The zero-order valence-electron chi connectivity index (χ0n) is 15.0. The van der Waals surface area contributed by atoms with Crippen molar-refractivity contribution in [2.24, 2.45) is 4.99 Å². The molecule has 0 bridgehead atoms. The van der Waals surface area contributed by atoms with Gasteiger partial charge in [0.15, 0.2) is 5.96 Å². The first-order valence-corrected chi connectivity index (χ1v) is 8.45. The van der Waals surface area contributed by atoms with Gasteiger partial charge < -0.3 is 15.4 Å². The molecule has 6 heteroatoms. The number of rotatable bonds is 6. The second-order valence-electron chi connectivity index (χ2n) is 5.76. The molecule has 2 aromatic carbocycles. The summed E-state index contributed by atoms with van der Waals surface area (Å²) in [5, 5.41) is 11.0. The van der Waals surface area contributed by atoms with Gasteiger partial charge in [0.05, 0.1) is 19.0 Å². The molecule has 0 aliphatic carbocycles. The monoisotopic (exact) mass is 349 g/mol. The van der Waals surface area contributed by atoms with E-state index in [9.17, 15) is 0 Å². The Morgan fingerprint density at radius 2 is 1.81 bits per heavy atom. The summed E-state index contributed by atoms with van der Waals surface area (Å²) in [6.45, 7) is 1.31. The Labute approximate surface area is 153 Å². The van der Waals surface area contributed by atoms with E-state index in [0.717, 1.165) is 28.5 Å². The van der Waals surface area contributed by atoms with Crippen LogP contribution in [-0.2, 0) is 13.1 Å². The Kier molecular flexibility index (Phi) is 5.88. The van der Waals surface area contributed by atoms with Crippen LogP contribution in [0.5, 0.6) is 5.75 Å². The van der Waals surface area contributed by atoms with E-state index < -0.39 is 0 Å². The average molecular weight is 349 g/mol. The van der Waals surface area contributed by atoms with Crippen LogP contribution in [0, 0.1) is 0 Å². The number of guanidine groups is 1. The summed E-state index contributed by atoms with van der Waals surface area (Å²) in [7, 11) is 3.43. The standard InChI is InChI=1S/C20H23N5O/c1-21-20(22-12-16-7-6-10-19(11-16)26-2)23-13-17-14-24-25(15-17)18-8-4-3-5-9-18/h3-11,14-15H,12-13H2,1-2H3,(H2,21,22,23). The number of aliphatic imine (C=N–C) groups is 1. The van der Waals surface area contributed by atoms with E-state index in [1.165, 1.54) is 0 Å². The molecule has 0 saturated carbocycles. The third-order valence-electron chi connectivity index (χ3n) is 3.93. The van der Waals surface area contributed by atoms with Gasteiger partial charge >= 0.3 is 0 Å². The molecular formula is C20H23N5O. The molecule has 3 rings (SSSR count). The quantitative estimate of drug-likeness (QED) is 0.531. The van der Waals surface area contributed by atoms with Crippen LogP contribution in [-0.4, -0.2) is 29.9 Å². The van der Waals surface area contributed by atoms with Crippen LogP contribution in [0.4, 0.5) is 0 Å². The van der Waals surface area contributed by atoms with E-state index in [0.29, 0.717) is 13.1 Å². The first-order chi connectivity index (χ1) is 12.8. The SMILES string of the molecule is CN=C(NCc1cccc(OC)c1)NCc1cnn(-c2ccccc2)c1. The average Bonchev–Trinajstić information content (AvgIpc) is 3.18. The maximum absolute atomic E-state index is 5.25. The summed E-state index contributed by atoms with van der Waals surface area (Å²) in [5.41, 5.74) is 3.25. The van der Waals surface area contributed by atoms with Crippen molar-refractivity contribution in [3.8, 4) is 11.4 Å². The van der Waals surface area contributed by atoms with Gasteiger partial charge in [0.25, 0.3) is 0 Å².